The normalized spacial score (nSPS) is 10.7. The molecule has 16 heavy (non-hydrogen) atoms. The molecule has 0 saturated carbocycles. The van der Waals surface area contributed by atoms with Crippen molar-refractivity contribution in [1.82, 2.24) is 5.32 Å². The number of benzene rings is 1. The smallest absolute Gasteiger partial charge is 0.0410 e. The van der Waals surface area contributed by atoms with Gasteiger partial charge in [0.2, 0.25) is 0 Å². The summed E-state index contributed by atoms with van der Waals surface area (Å²) in [5.74, 6) is 1.25. The first kappa shape index (κ1) is 14.4. The van der Waals surface area contributed by atoms with Crippen LogP contribution in [0.5, 0.6) is 0 Å². The molecule has 1 nitrogen and oxygen atoms in total. The average molecular weight is 323 g/mol. The summed E-state index contributed by atoms with van der Waals surface area (Å²) in [4.78, 5) is 0. The summed E-state index contributed by atoms with van der Waals surface area (Å²) in [6, 6.07) is 5.89. The van der Waals surface area contributed by atoms with Gasteiger partial charge in [-0.1, -0.05) is 27.5 Å². The van der Waals surface area contributed by atoms with Crippen molar-refractivity contribution < 1.29 is 0 Å². The third-order valence-corrected chi connectivity index (χ3v) is 3.98. The molecule has 1 rings (SSSR count). The number of nitrogens with one attached hydrogen (secondary N) is 1. The summed E-state index contributed by atoms with van der Waals surface area (Å²) in [5.41, 5.74) is 1.22. The van der Waals surface area contributed by atoms with Crippen molar-refractivity contribution >= 4 is 39.3 Å². The van der Waals surface area contributed by atoms with Crippen LogP contribution >= 0.6 is 39.3 Å². The molecule has 0 fully saturated rings. The standard InChI is InChI=1S/C12H17BrClNS/c1-16-7-3-2-6-15-9-10-8-11(14)4-5-12(10)13/h4-5,8,15H,2-3,6-7,9H2,1H3. The van der Waals surface area contributed by atoms with Crippen molar-refractivity contribution in [3.8, 4) is 0 Å². The van der Waals surface area contributed by atoms with E-state index in [1.54, 1.807) is 0 Å². The minimum atomic E-state index is 0.794. The van der Waals surface area contributed by atoms with Crippen LogP contribution in [0.4, 0.5) is 0 Å². The van der Waals surface area contributed by atoms with Gasteiger partial charge in [-0.25, -0.2) is 0 Å². The number of thioether (sulfide) groups is 1. The maximum Gasteiger partial charge on any atom is 0.0410 e. The monoisotopic (exact) mass is 321 g/mol. The van der Waals surface area contributed by atoms with Crippen LogP contribution in [0.25, 0.3) is 0 Å². The van der Waals surface area contributed by atoms with E-state index < -0.39 is 0 Å². The Bertz CT molecular complexity index is 320. The van der Waals surface area contributed by atoms with Crippen molar-refractivity contribution in [3.63, 3.8) is 0 Å². The fraction of sp³-hybridized carbons (Fsp3) is 0.500. The molecule has 4 heteroatoms. The van der Waals surface area contributed by atoms with Crippen molar-refractivity contribution in [1.29, 1.82) is 0 Å². The molecule has 1 aromatic rings. The first-order valence-corrected chi connectivity index (χ1v) is 7.94. The molecule has 0 spiro atoms. The van der Waals surface area contributed by atoms with E-state index in [0.717, 1.165) is 22.6 Å². The minimum absolute atomic E-state index is 0.794. The van der Waals surface area contributed by atoms with Crippen LogP contribution in [0.15, 0.2) is 22.7 Å². The van der Waals surface area contributed by atoms with E-state index in [9.17, 15) is 0 Å². The van der Waals surface area contributed by atoms with E-state index in [1.807, 2.05) is 30.0 Å². The molecule has 0 atom stereocenters. The summed E-state index contributed by atoms with van der Waals surface area (Å²) in [6.45, 7) is 1.94. The minimum Gasteiger partial charge on any atom is -0.313 e. The van der Waals surface area contributed by atoms with Gasteiger partial charge in [-0.3, -0.25) is 0 Å². The Morgan fingerprint density at radius 2 is 2.19 bits per heavy atom. The van der Waals surface area contributed by atoms with Gasteiger partial charge in [0.05, 0.1) is 0 Å². The third kappa shape index (κ3) is 5.58. The molecule has 0 amide bonds. The van der Waals surface area contributed by atoms with E-state index in [-0.39, 0.29) is 0 Å². The van der Waals surface area contributed by atoms with Crippen LogP contribution in [0.2, 0.25) is 5.02 Å². The van der Waals surface area contributed by atoms with Gasteiger partial charge in [0, 0.05) is 16.0 Å². The molecule has 1 N–H and O–H groups in total. The van der Waals surface area contributed by atoms with Gasteiger partial charge < -0.3 is 5.32 Å². The van der Waals surface area contributed by atoms with Crippen molar-refractivity contribution in [2.45, 2.75) is 19.4 Å². The van der Waals surface area contributed by atoms with E-state index >= 15 is 0 Å². The summed E-state index contributed by atoms with van der Waals surface area (Å²) < 4.78 is 1.12. The van der Waals surface area contributed by atoms with Crippen LogP contribution in [0.3, 0.4) is 0 Å². The second-order valence-electron chi connectivity index (χ2n) is 3.61. The van der Waals surface area contributed by atoms with Crippen LogP contribution in [0, 0.1) is 0 Å². The molecule has 0 saturated heterocycles. The second-order valence-corrected chi connectivity index (χ2v) is 5.89. The molecule has 0 aliphatic heterocycles. The summed E-state index contributed by atoms with van der Waals surface area (Å²) >= 11 is 11.4. The van der Waals surface area contributed by atoms with E-state index in [4.69, 9.17) is 11.6 Å². The molecule has 1 aromatic carbocycles. The predicted octanol–water partition coefficient (Wildman–Crippen LogP) is 4.34. The molecule has 0 heterocycles. The Balaban J connectivity index is 2.23. The van der Waals surface area contributed by atoms with Gasteiger partial charge in [0.15, 0.2) is 0 Å². The molecule has 0 unspecified atom stereocenters. The summed E-state index contributed by atoms with van der Waals surface area (Å²) in [6.07, 6.45) is 4.67. The van der Waals surface area contributed by atoms with Crippen molar-refractivity contribution in [3.05, 3.63) is 33.3 Å². The summed E-state index contributed by atoms with van der Waals surface area (Å²) in [5, 5.41) is 4.22. The Kier molecular flexibility index (Phi) is 7.54. The number of rotatable bonds is 7. The largest absolute Gasteiger partial charge is 0.313 e. The highest BCUT2D eigenvalue weighted by Crippen LogP contribution is 2.20. The quantitative estimate of drug-likeness (QED) is 0.750. The fourth-order valence-corrected chi connectivity index (χ4v) is 2.47. The zero-order valence-electron chi connectivity index (χ0n) is 9.43. The lowest BCUT2D eigenvalue weighted by molar-refractivity contribution is 0.643. The first-order chi connectivity index (χ1) is 7.74. The second kappa shape index (κ2) is 8.40. The van der Waals surface area contributed by atoms with Gasteiger partial charge in [-0.15, -0.1) is 0 Å². The predicted molar refractivity (Wildman–Crippen MR) is 78.5 cm³/mol. The Labute approximate surface area is 115 Å². The van der Waals surface area contributed by atoms with Crippen molar-refractivity contribution in [2.24, 2.45) is 0 Å². The molecule has 90 valence electrons. The number of hydrogen-bond acceptors (Lipinski definition) is 2. The molecule has 0 aliphatic rings. The lowest BCUT2D eigenvalue weighted by Crippen LogP contribution is -2.15. The topological polar surface area (TPSA) is 12.0 Å². The summed E-state index contributed by atoms with van der Waals surface area (Å²) in [7, 11) is 0. The van der Waals surface area contributed by atoms with Gasteiger partial charge in [0.1, 0.15) is 0 Å². The van der Waals surface area contributed by atoms with Crippen molar-refractivity contribution in [2.75, 3.05) is 18.6 Å². The van der Waals surface area contributed by atoms with E-state index in [1.165, 1.54) is 24.2 Å². The maximum absolute atomic E-state index is 5.95. The molecule has 0 radical (unpaired) electrons. The van der Waals surface area contributed by atoms with Gasteiger partial charge in [-0.05, 0) is 55.2 Å². The third-order valence-electron chi connectivity index (χ3n) is 2.28. The first-order valence-electron chi connectivity index (χ1n) is 5.37. The molecular formula is C12H17BrClNS. The van der Waals surface area contributed by atoms with Gasteiger partial charge >= 0.3 is 0 Å². The molecule has 0 aliphatic carbocycles. The van der Waals surface area contributed by atoms with Crippen LogP contribution in [0.1, 0.15) is 18.4 Å². The van der Waals surface area contributed by atoms with E-state index in [2.05, 4.69) is 27.5 Å². The number of hydrogen-bond donors (Lipinski definition) is 1. The van der Waals surface area contributed by atoms with Crippen LogP contribution in [-0.4, -0.2) is 18.6 Å². The van der Waals surface area contributed by atoms with Crippen LogP contribution in [-0.2, 0) is 6.54 Å². The molecule has 0 bridgehead atoms. The Morgan fingerprint density at radius 3 is 2.94 bits per heavy atom. The zero-order valence-corrected chi connectivity index (χ0v) is 12.6. The SMILES string of the molecule is CSCCCCNCc1cc(Cl)ccc1Br. The fourth-order valence-electron chi connectivity index (χ4n) is 1.40. The van der Waals surface area contributed by atoms with E-state index in [0.29, 0.717) is 0 Å². The molecular weight excluding hydrogens is 306 g/mol. The Hall–Kier alpha value is 0.300. The van der Waals surface area contributed by atoms with Gasteiger partial charge in [0.25, 0.3) is 0 Å². The lowest BCUT2D eigenvalue weighted by Gasteiger charge is -2.07. The highest BCUT2D eigenvalue weighted by atomic mass is 79.9. The highest BCUT2D eigenvalue weighted by Gasteiger charge is 2.00. The Morgan fingerprint density at radius 1 is 1.38 bits per heavy atom. The highest BCUT2D eigenvalue weighted by molar-refractivity contribution is 9.10. The molecule has 0 aromatic heterocycles. The maximum atomic E-state index is 5.95. The lowest BCUT2D eigenvalue weighted by atomic mass is 10.2. The van der Waals surface area contributed by atoms with Gasteiger partial charge in [-0.2, -0.15) is 11.8 Å². The number of halogens is 2. The average Bonchev–Trinajstić information content (AvgIpc) is 2.28. The zero-order chi connectivity index (χ0) is 11.8. The number of unbranched alkanes of at least 4 members (excludes halogenated alkanes) is 1. The van der Waals surface area contributed by atoms with Crippen LogP contribution < -0.4 is 5.32 Å².